The lowest BCUT2D eigenvalue weighted by molar-refractivity contribution is -0.141. The fourth-order valence-electron chi connectivity index (χ4n) is 0.895. The molecule has 0 saturated carbocycles. The van der Waals surface area contributed by atoms with E-state index < -0.39 is 12.0 Å². The van der Waals surface area contributed by atoms with E-state index >= 15 is 0 Å². The molecule has 0 aliphatic carbocycles. The standard InChI is InChI=1S/C10H18N2O3/c1-4-5-6-7-11-10(15)12(3)8(2)9(13)14/h4-5,8H,6-7H2,1-3H3,(H,11,15)(H,13,14)/b5-4+. The summed E-state index contributed by atoms with van der Waals surface area (Å²) >= 11 is 0. The van der Waals surface area contributed by atoms with Crippen LogP contribution in [-0.4, -0.2) is 41.6 Å². The van der Waals surface area contributed by atoms with E-state index in [1.807, 2.05) is 19.1 Å². The van der Waals surface area contributed by atoms with E-state index in [1.165, 1.54) is 14.0 Å². The molecule has 1 unspecified atom stereocenters. The fourth-order valence-corrected chi connectivity index (χ4v) is 0.895. The summed E-state index contributed by atoms with van der Waals surface area (Å²) in [6.07, 6.45) is 4.58. The topological polar surface area (TPSA) is 69.6 Å². The molecule has 0 bridgehead atoms. The molecule has 0 aromatic heterocycles. The first-order valence-corrected chi connectivity index (χ1v) is 4.85. The smallest absolute Gasteiger partial charge is 0.326 e. The highest BCUT2D eigenvalue weighted by atomic mass is 16.4. The lowest BCUT2D eigenvalue weighted by atomic mass is 10.3. The Morgan fingerprint density at radius 3 is 2.60 bits per heavy atom. The first kappa shape index (κ1) is 13.5. The molecule has 1 atom stereocenters. The highest BCUT2D eigenvalue weighted by Gasteiger charge is 2.20. The number of rotatable bonds is 5. The van der Waals surface area contributed by atoms with Gasteiger partial charge in [0.1, 0.15) is 6.04 Å². The number of likely N-dealkylation sites (N-methyl/N-ethyl adjacent to an activating group) is 1. The van der Waals surface area contributed by atoms with Crippen molar-refractivity contribution >= 4 is 12.0 Å². The molecule has 0 spiro atoms. The van der Waals surface area contributed by atoms with E-state index in [1.54, 1.807) is 0 Å². The summed E-state index contributed by atoms with van der Waals surface area (Å²) in [6.45, 7) is 3.88. The number of allylic oxidation sites excluding steroid dienone is 1. The third kappa shape index (κ3) is 5.05. The van der Waals surface area contributed by atoms with Gasteiger partial charge in [-0.25, -0.2) is 9.59 Å². The van der Waals surface area contributed by atoms with Crippen LogP contribution in [0.4, 0.5) is 4.79 Å². The van der Waals surface area contributed by atoms with Crippen LogP contribution in [0, 0.1) is 0 Å². The van der Waals surface area contributed by atoms with Crippen molar-refractivity contribution < 1.29 is 14.7 Å². The number of carbonyl (C=O) groups excluding carboxylic acids is 1. The van der Waals surface area contributed by atoms with Crippen LogP contribution in [-0.2, 0) is 4.79 Å². The number of hydrogen-bond acceptors (Lipinski definition) is 2. The maximum absolute atomic E-state index is 11.4. The number of nitrogens with zero attached hydrogens (tertiary/aromatic N) is 1. The van der Waals surface area contributed by atoms with Crippen molar-refractivity contribution in [2.45, 2.75) is 26.3 Å². The predicted molar refractivity (Wildman–Crippen MR) is 57.7 cm³/mol. The molecule has 0 heterocycles. The number of carboxylic acid groups (broad SMARTS) is 1. The normalized spacial score (nSPS) is 12.5. The Balaban J connectivity index is 3.94. The molecule has 5 heteroatoms. The maximum atomic E-state index is 11.4. The molecule has 2 N–H and O–H groups in total. The summed E-state index contributed by atoms with van der Waals surface area (Å²) in [6, 6.07) is -1.18. The molecule has 0 fully saturated rings. The van der Waals surface area contributed by atoms with Crippen LogP contribution >= 0.6 is 0 Å². The van der Waals surface area contributed by atoms with Gasteiger partial charge in [-0.3, -0.25) is 0 Å². The molecule has 86 valence electrons. The van der Waals surface area contributed by atoms with E-state index in [9.17, 15) is 9.59 Å². The van der Waals surface area contributed by atoms with Gasteiger partial charge in [0.15, 0.2) is 0 Å². The molecule has 0 saturated heterocycles. The largest absolute Gasteiger partial charge is 0.480 e. The third-order valence-electron chi connectivity index (χ3n) is 2.08. The van der Waals surface area contributed by atoms with Gasteiger partial charge in [0.05, 0.1) is 0 Å². The predicted octanol–water partition coefficient (Wildman–Crippen LogP) is 1.07. The molecule has 0 aliphatic heterocycles. The molecule has 0 aliphatic rings. The first-order chi connectivity index (χ1) is 7.00. The SMILES string of the molecule is C/C=C/CCNC(=O)N(C)C(C)C(=O)O. The lowest BCUT2D eigenvalue weighted by Crippen LogP contribution is -2.45. The molecule has 0 aromatic carbocycles. The Labute approximate surface area is 89.8 Å². The van der Waals surface area contributed by atoms with Gasteiger partial charge in [-0.05, 0) is 20.3 Å². The summed E-state index contributed by atoms with van der Waals surface area (Å²) in [5.74, 6) is -1.01. The Kier molecular flexibility index (Phi) is 6.17. The second-order valence-electron chi connectivity index (χ2n) is 3.21. The number of hydrogen-bond donors (Lipinski definition) is 2. The van der Waals surface area contributed by atoms with Crippen molar-refractivity contribution in [2.75, 3.05) is 13.6 Å². The number of urea groups is 1. The number of carbonyl (C=O) groups is 2. The van der Waals surface area contributed by atoms with Crippen LogP contribution < -0.4 is 5.32 Å². The second kappa shape index (κ2) is 6.86. The summed E-state index contributed by atoms with van der Waals surface area (Å²) in [7, 11) is 1.46. The highest BCUT2D eigenvalue weighted by Crippen LogP contribution is 1.95. The Bertz CT molecular complexity index is 251. The van der Waals surface area contributed by atoms with Crippen molar-refractivity contribution in [3.05, 3.63) is 12.2 Å². The minimum absolute atomic E-state index is 0.366. The minimum atomic E-state index is -1.01. The number of amides is 2. The minimum Gasteiger partial charge on any atom is -0.480 e. The van der Waals surface area contributed by atoms with Crippen LogP contribution in [0.15, 0.2) is 12.2 Å². The van der Waals surface area contributed by atoms with Gasteiger partial charge >= 0.3 is 12.0 Å². The van der Waals surface area contributed by atoms with Gasteiger partial charge < -0.3 is 15.3 Å². The lowest BCUT2D eigenvalue weighted by Gasteiger charge is -2.21. The zero-order valence-corrected chi connectivity index (χ0v) is 9.36. The number of aliphatic carboxylic acids is 1. The fraction of sp³-hybridized carbons (Fsp3) is 0.600. The van der Waals surface area contributed by atoms with E-state index in [-0.39, 0.29) is 6.03 Å². The number of carboxylic acids is 1. The van der Waals surface area contributed by atoms with E-state index in [4.69, 9.17) is 5.11 Å². The van der Waals surface area contributed by atoms with Gasteiger partial charge in [0.2, 0.25) is 0 Å². The second-order valence-corrected chi connectivity index (χ2v) is 3.21. The summed E-state index contributed by atoms with van der Waals surface area (Å²) < 4.78 is 0. The van der Waals surface area contributed by atoms with Gasteiger partial charge in [0.25, 0.3) is 0 Å². The van der Waals surface area contributed by atoms with Crippen molar-refractivity contribution in [3.8, 4) is 0 Å². The average Bonchev–Trinajstić information content (AvgIpc) is 2.21. The maximum Gasteiger partial charge on any atom is 0.326 e. The van der Waals surface area contributed by atoms with Crippen LogP contribution in [0.2, 0.25) is 0 Å². The Morgan fingerprint density at radius 2 is 2.13 bits per heavy atom. The van der Waals surface area contributed by atoms with Crippen LogP contribution in [0.3, 0.4) is 0 Å². The molecule has 0 radical (unpaired) electrons. The van der Waals surface area contributed by atoms with Crippen molar-refractivity contribution in [1.29, 1.82) is 0 Å². The van der Waals surface area contributed by atoms with Gasteiger partial charge in [-0.1, -0.05) is 12.2 Å². The molecule has 0 aromatic rings. The molecule has 5 nitrogen and oxygen atoms in total. The average molecular weight is 214 g/mol. The Morgan fingerprint density at radius 1 is 1.53 bits per heavy atom. The summed E-state index contributed by atoms with van der Waals surface area (Å²) in [4.78, 5) is 23.1. The summed E-state index contributed by atoms with van der Waals surface area (Å²) in [5.41, 5.74) is 0. The van der Waals surface area contributed by atoms with E-state index in [0.717, 1.165) is 11.3 Å². The monoisotopic (exact) mass is 214 g/mol. The molecule has 0 rings (SSSR count). The van der Waals surface area contributed by atoms with Crippen molar-refractivity contribution in [2.24, 2.45) is 0 Å². The Hall–Kier alpha value is -1.52. The number of nitrogens with one attached hydrogen (secondary N) is 1. The van der Waals surface area contributed by atoms with Crippen molar-refractivity contribution in [3.63, 3.8) is 0 Å². The van der Waals surface area contributed by atoms with Gasteiger partial charge in [-0.15, -0.1) is 0 Å². The van der Waals surface area contributed by atoms with E-state index in [2.05, 4.69) is 5.32 Å². The van der Waals surface area contributed by atoms with Crippen LogP contribution in [0.1, 0.15) is 20.3 Å². The van der Waals surface area contributed by atoms with E-state index in [0.29, 0.717) is 6.54 Å². The quantitative estimate of drug-likeness (QED) is 0.531. The third-order valence-corrected chi connectivity index (χ3v) is 2.08. The van der Waals surface area contributed by atoms with Crippen molar-refractivity contribution in [1.82, 2.24) is 10.2 Å². The highest BCUT2D eigenvalue weighted by molar-refractivity contribution is 5.82. The summed E-state index contributed by atoms with van der Waals surface area (Å²) in [5, 5.41) is 11.3. The van der Waals surface area contributed by atoms with Gasteiger partial charge in [-0.2, -0.15) is 0 Å². The molecule has 15 heavy (non-hydrogen) atoms. The van der Waals surface area contributed by atoms with Crippen LogP contribution in [0.5, 0.6) is 0 Å². The zero-order chi connectivity index (χ0) is 11.8. The van der Waals surface area contributed by atoms with Gasteiger partial charge in [0, 0.05) is 13.6 Å². The molecule has 2 amide bonds. The molecular formula is C10H18N2O3. The van der Waals surface area contributed by atoms with Crippen LogP contribution in [0.25, 0.3) is 0 Å². The zero-order valence-electron chi connectivity index (χ0n) is 9.36. The first-order valence-electron chi connectivity index (χ1n) is 4.85. The molecular weight excluding hydrogens is 196 g/mol.